The van der Waals surface area contributed by atoms with E-state index >= 15 is 0 Å². The summed E-state index contributed by atoms with van der Waals surface area (Å²) in [6, 6.07) is 13.2. The van der Waals surface area contributed by atoms with Gasteiger partial charge in [-0.05, 0) is 116 Å². The quantitative estimate of drug-likeness (QED) is 0.00800. The minimum atomic E-state index is -3.38. The van der Waals surface area contributed by atoms with Crippen LogP contribution in [0, 0.1) is 11.8 Å². The number of hydroxylamine groups is 4. The van der Waals surface area contributed by atoms with E-state index in [0.717, 1.165) is 35.8 Å². The van der Waals surface area contributed by atoms with Crippen LogP contribution in [0.1, 0.15) is 155 Å². The number of carbonyl (C=O) groups excluding carboxylic acids is 8. The lowest BCUT2D eigenvalue weighted by molar-refractivity contribution is -0.169. The van der Waals surface area contributed by atoms with Crippen LogP contribution in [0.2, 0.25) is 0 Å². The third kappa shape index (κ3) is 21.8. The Kier molecular flexibility index (Phi) is 29.0. The van der Waals surface area contributed by atoms with Gasteiger partial charge < -0.3 is 68.9 Å². The highest BCUT2D eigenvalue weighted by molar-refractivity contribution is 7.34. The Morgan fingerprint density at radius 2 is 0.917 bits per heavy atom. The van der Waals surface area contributed by atoms with E-state index in [1.165, 1.54) is 48.5 Å². The summed E-state index contributed by atoms with van der Waals surface area (Å²) in [7, 11) is -3.38. The van der Waals surface area contributed by atoms with Crippen molar-refractivity contribution in [3.8, 4) is 45.6 Å². The molecule has 0 aliphatic heterocycles. The maximum Gasteiger partial charge on any atom is 0.431 e. The zero-order chi connectivity index (χ0) is 61.7. The highest BCUT2D eigenvalue weighted by atomic mass is 31.1. The molecule has 0 unspecified atom stereocenters. The number of rotatable bonds is 38. The highest BCUT2D eigenvalue weighted by Gasteiger charge is 2.35. The number of carbonyl (C=O) groups is 8. The number of hydrogen-bond acceptors (Lipinski definition) is 17. The lowest BCUT2D eigenvalue weighted by Crippen LogP contribution is -2.50. The molecule has 6 N–H and O–H groups in total. The Hall–Kier alpha value is -8.21. The van der Waals surface area contributed by atoms with E-state index in [0.29, 0.717) is 74.0 Å². The van der Waals surface area contributed by atoms with Gasteiger partial charge in [0.1, 0.15) is 34.5 Å². The molecule has 2 aromatic carbocycles. The summed E-state index contributed by atoms with van der Waals surface area (Å²) < 4.78 is 48.7. The van der Waals surface area contributed by atoms with Gasteiger partial charge in [-0.3, -0.25) is 28.8 Å². The van der Waals surface area contributed by atoms with Gasteiger partial charge in [-0.15, -0.1) is 0 Å². The SMILES string of the molecule is CCCCC[C@@H](C(=O)NCNC(=O)c1ccc(-c2cc(OCC)cc(O[PH](=O)Oc3cc(OCC)cc(-c4ccc(C(=O)NCNC(=O)[C@H](CCCCC)[C@@H](CC)N(C=O)OC(=O)NC(C)C)o4)c3)c2)o1)[C@@H](CC)N(C=O)OC(=O)NC(C)C. The predicted molar refractivity (Wildman–Crippen MR) is 311 cm³/mol. The summed E-state index contributed by atoms with van der Waals surface area (Å²) in [5.74, 6) is -2.76. The van der Waals surface area contributed by atoms with E-state index in [1.807, 2.05) is 13.8 Å². The van der Waals surface area contributed by atoms with Gasteiger partial charge in [-0.2, -0.15) is 10.1 Å². The van der Waals surface area contributed by atoms with Crippen LogP contribution >= 0.6 is 8.25 Å². The van der Waals surface area contributed by atoms with Crippen molar-refractivity contribution < 1.29 is 80.0 Å². The molecule has 4 aromatic rings. The average Bonchev–Trinajstić information content (AvgIpc) is 4.29. The number of ether oxygens (including phenoxy) is 2. The monoisotopic (exact) mass is 1190 g/mol. The second kappa shape index (κ2) is 35.7. The van der Waals surface area contributed by atoms with Gasteiger partial charge in [0.15, 0.2) is 11.5 Å². The van der Waals surface area contributed by atoms with Crippen LogP contribution in [-0.4, -0.2) is 109 Å². The smallest absolute Gasteiger partial charge is 0.431 e. The van der Waals surface area contributed by atoms with Gasteiger partial charge in [0, 0.05) is 35.3 Å². The standard InChI is InChI=1S/C58H83N8O17P/c1-11-17-19-21-45(47(13-3)65(35-67)80-57(73)63-37(7)8)53(69)59-33-61-55(71)51-25-23-49(78-51)39-27-41(76-15-5)31-43(29-39)82-84(75)83-44-30-40(28-42(32-44)77-16-6)50-24-26-52(79-50)56(72)62-34-60-54(70)46(22-20-18-12-2)48(14-4)66(36-68)81-58(74)64-38(9)10/h23-32,35-38,45-48,84H,11-22,33-34H2,1-10H3,(H,59,69)(H,60,70)(H,61,71)(H,62,72)(H,63,73)(H,64,74)/t45-,46-,47-,48-/m1/s1. The van der Waals surface area contributed by atoms with Crippen LogP contribution in [0.4, 0.5) is 9.59 Å². The fraction of sp³-hybridized carbons (Fsp3) is 0.517. The third-order valence-corrected chi connectivity index (χ3v) is 13.6. The number of amides is 8. The van der Waals surface area contributed by atoms with Gasteiger partial charge >= 0.3 is 20.4 Å². The van der Waals surface area contributed by atoms with Crippen LogP contribution in [0.25, 0.3) is 22.6 Å². The maximum atomic E-state index is 13.6. The van der Waals surface area contributed by atoms with E-state index in [-0.39, 0.29) is 73.2 Å². The number of benzene rings is 2. The molecule has 25 nitrogen and oxygen atoms in total. The third-order valence-electron chi connectivity index (χ3n) is 12.8. The summed E-state index contributed by atoms with van der Waals surface area (Å²) in [5, 5.41) is 17.5. The van der Waals surface area contributed by atoms with Crippen molar-refractivity contribution in [3.63, 3.8) is 0 Å². The number of hydrogen-bond donors (Lipinski definition) is 6. The molecular weight excluding hydrogens is 1110 g/mol. The largest absolute Gasteiger partial charge is 0.494 e. The van der Waals surface area contributed by atoms with E-state index in [4.69, 9.17) is 37.0 Å². The van der Waals surface area contributed by atoms with E-state index < -0.39 is 68.0 Å². The first-order chi connectivity index (χ1) is 40.3. The molecular formula is C58H83N8O17P. The van der Waals surface area contributed by atoms with Crippen LogP contribution < -0.4 is 50.4 Å². The first-order valence-corrected chi connectivity index (χ1v) is 29.8. The lowest BCUT2D eigenvalue weighted by atomic mass is 9.90. The molecule has 0 saturated heterocycles. The van der Waals surface area contributed by atoms with Crippen molar-refractivity contribution in [2.75, 3.05) is 26.6 Å². The van der Waals surface area contributed by atoms with Gasteiger partial charge in [0.05, 0.1) is 50.5 Å². The Bertz CT molecular complexity index is 2620. The molecule has 2 heterocycles. The minimum absolute atomic E-state index is 0.0716. The molecule has 0 bridgehead atoms. The second-order valence-corrected chi connectivity index (χ2v) is 20.8. The fourth-order valence-corrected chi connectivity index (χ4v) is 9.57. The maximum absolute atomic E-state index is 13.6. The molecule has 84 heavy (non-hydrogen) atoms. The fourth-order valence-electron chi connectivity index (χ4n) is 8.91. The minimum Gasteiger partial charge on any atom is -0.494 e. The van der Waals surface area contributed by atoms with E-state index in [2.05, 4.69) is 31.9 Å². The van der Waals surface area contributed by atoms with E-state index in [1.54, 1.807) is 67.5 Å². The molecule has 26 heteroatoms. The molecule has 2 aromatic heterocycles. The Morgan fingerprint density at radius 3 is 1.25 bits per heavy atom. The zero-order valence-electron chi connectivity index (χ0n) is 49.6. The Morgan fingerprint density at radius 1 is 0.536 bits per heavy atom. The first-order valence-electron chi connectivity index (χ1n) is 28.5. The van der Waals surface area contributed by atoms with Gasteiger partial charge in [-0.25, -0.2) is 14.2 Å². The number of nitrogens with zero attached hydrogens (tertiary/aromatic N) is 2. The molecule has 0 fully saturated rings. The van der Waals surface area contributed by atoms with Crippen molar-refractivity contribution in [2.24, 2.45) is 11.8 Å². The summed E-state index contributed by atoms with van der Waals surface area (Å²) in [4.78, 5) is 113. The Balaban J connectivity index is 1.43. The van der Waals surface area contributed by atoms with Crippen molar-refractivity contribution >= 4 is 56.9 Å². The summed E-state index contributed by atoms with van der Waals surface area (Å²) in [6.07, 6.45) is 5.21. The summed E-state index contributed by atoms with van der Waals surface area (Å²) >= 11 is 0. The van der Waals surface area contributed by atoms with Gasteiger partial charge in [-0.1, -0.05) is 66.2 Å². The Labute approximate surface area is 491 Å². The highest BCUT2D eigenvalue weighted by Crippen LogP contribution is 2.39. The number of unbranched alkanes of at least 4 members (excludes halogenated alkanes) is 4. The summed E-state index contributed by atoms with van der Waals surface area (Å²) in [5.41, 5.74) is 0.779. The molecule has 4 atom stereocenters. The molecule has 4 rings (SSSR count). The van der Waals surface area contributed by atoms with Crippen molar-refractivity contribution in [3.05, 3.63) is 72.2 Å². The zero-order valence-corrected chi connectivity index (χ0v) is 50.6. The van der Waals surface area contributed by atoms with Crippen molar-refractivity contribution in [1.82, 2.24) is 42.0 Å². The number of furan rings is 2. The van der Waals surface area contributed by atoms with Gasteiger partial charge in [0.2, 0.25) is 24.6 Å². The van der Waals surface area contributed by atoms with Crippen LogP contribution in [0.5, 0.6) is 23.0 Å². The van der Waals surface area contributed by atoms with Crippen molar-refractivity contribution in [2.45, 2.75) is 158 Å². The molecule has 462 valence electrons. The normalized spacial score (nSPS) is 12.4. The molecule has 8 amide bonds. The van der Waals surface area contributed by atoms with Crippen LogP contribution in [0.15, 0.2) is 69.5 Å². The second-order valence-electron chi connectivity index (χ2n) is 19.9. The van der Waals surface area contributed by atoms with Gasteiger partial charge in [0.25, 0.3) is 11.8 Å². The molecule has 0 saturated carbocycles. The van der Waals surface area contributed by atoms with E-state index in [9.17, 15) is 42.9 Å². The molecule has 0 aliphatic carbocycles. The predicted octanol–water partition coefficient (Wildman–Crippen LogP) is 9.42. The lowest BCUT2D eigenvalue weighted by Gasteiger charge is -2.32. The first kappa shape index (κ1) is 68.3. The molecule has 0 aliphatic rings. The number of nitrogens with one attached hydrogen (secondary N) is 6. The average molecular weight is 1200 g/mol. The van der Waals surface area contributed by atoms with Crippen molar-refractivity contribution in [1.29, 1.82) is 0 Å². The molecule has 0 radical (unpaired) electrons. The van der Waals surface area contributed by atoms with Crippen LogP contribution in [-0.2, 0) is 33.4 Å². The topological polar surface area (TPSA) is 314 Å². The summed E-state index contributed by atoms with van der Waals surface area (Å²) in [6.45, 7) is 18.0. The van der Waals surface area contributed by atoms with Crippen LogP contribution in [0.3, 0.4) is 0 Å². The molecule has 0 spiro atoms.